The van der Waals surface area contributed by atoms with Crippen LogP contribution in [0.1, 0.15) is 21.5 Å². The van der Waals surface area contributed by atoms with Crippen molar-refractivity contribution in [3.8, 4) is 22.6 Å². The molecule has 0 fully saturated rings. The number of hydrogen-bond acceptors (Lipinski definition) is 3. The van der Waals surface area contributed by atoms with Crippen molar-refractivity contribution < 1.29 is 19.7 Å². The molecule has 104 valence electrons. The first kappa shape index (κ1) is 13.9. The summed E-state index contributed by atoms with van der Waals surface area (Å²) in [6.45, 7) is 3.89. The van der Waals surface area contributed by atoms with E-state index in [1.165, 1.54) is 12.1 Å². The van der Waals surface area contributed by atoms with E-state index in [4.69, 9.17) is 9.84 Å². The number of aryl methyl sites for hydroxylation is 2. The van der Waals surface area contributed by atoms with Gasteiger partial charge in [0.05, 0.1) is 12.7 Å². The molecule has 2 N–H and O–H groups in total. The van der Waals surface area contributed by atoms with E-state index in [2.05, 4.69) is 0 Å². The zero-order valence-electron chi connectivity index (χ0n) is 11.6. The number of methoxy groups -OCH3 is 1. The summed E-state index contributed by atoms with van der Waals surface area (Å²) in [6.07, 6.45) is 0. The quantitative estimate of drug-likeness (QED) is 0.898. The fraction of sp³-hybridized carbons (Fsp3) is 0.188. The molecule has 0 aromatic heterocycles. The molecule has 0 amide bonds. The van der Waals surface area contributed by atoms with Gasteiger partial charge in [0.1, 0.15) is 11.5 Å². The molecule has 0 aliphatic rings. The van der Waals surface area contributed by atoms with E-state index >= 15 is 0 Å². The van der Waals surface area contributed by atoms with Crippen LogP contribution in [0.15, 0.2) is 30.3 Å². The number of rotatable bonds is 3. The first-order valence-electron chi connectivity index (χ1n) is 6.16. The van der Waals surface area contributed by atoms with Crippen LogP contribution in [-0.2, 0) is 0 Å². The number of carboxylic acid groups (broad SMARTS) is 1. The topological polar surface area (TPSA) is 66.8 Å². The number of hydrogen-bond donors (Lipinski definition) is 2. The van der Waals surface area contributed by atoms with Crippen LogP contribution in [0.2, 0.25) is 0 Å². The summed E-state index contributed by atoms with van der Waals surface area (Å²) < 4.78 is 5.37. The van der Waals surface area contributed by atoms with E-state index in [1.807, 2.05) is 26.0 Å². The van der Waals surface area contributed by atoms with Gasteiger partial charge in [-0.3, -0.25) is 0 Å². The number of carbonyl (C=O) groups is 1. The Morgan fingerprint density at radius 3 is 2.40 bits per heavy atom. The van der Waals surface area contributed by atoms with Crippen LogP contribution in [-0.4, -0.2) is 23.3 Å². The van der Waals surface area contributed by atoms with Crippen molar-refractivity contribution in [3.63, 3.8) is 0 Å². The molecule has 0 aliphatic heterocycles. The van der Waals surface area contributed by atoms with E-state index < -0.39 is 5.97 Å². The smallest absolute Gasteiger partial charge is 0.335 e. The average molecular weight is 272 g/mol. The number of carboxylic acids is 1. The monoisotopic (exact) mass is 272 g/mol. The largest absolute Gasteiger partial charge is 0.507 e. The van der Waals surface area contributed by atoms with Crippen molar-refractivity contribution in [2.24, 2.45) is 0 Å². The maximum atomic E-state index is 10.9. The predicted molar refractivity (Wildman–Crippen MR) is 76.5 cm³/mol. The van der Waals surface area contributed by atoms with Gasteiger partial charge in [-0.25, -0.2) is 4.79 Å². The summed E-state index contributed by atoms with van der Waals surface area (Å²) in [5.41, 5.74) is 3.40. The Balaban J connectivity index is 2.65. The Kier molecular flexibility index (Phi) is 3.66. The Bertz CT molecular complexity index is 674. The van der Waals surface area contributed by atoms with Crippen LogP contribution >= 0.6 is 0 Å². The van der Waals surface area contributed by atoms with Crippen LogP contribution in [0.25, 0.3) is 11.1 Å². The molecule has 4 nitrogen and oxygen atoms in total. The van der Waals surface area contributed by atoms with E-state index in [-0.39, 0.29) is 11.3 Å². The van der Waals surface area contributed by atoms with Gasteiger partial charge in [0.15, 0.2) is 0 Å². The highest BCUT2D eigenvalue weighted by atomic mass is 16.5. The lowest BCUT2D eigenvalue weighted by molar-refractivity contribution is 0.0696. The zero-order valence-corrected chi connectivity index (χ0v) is 11.6. The van der Waals surface area contributed by atoms with Crippen molar-refractivity contribution in [1.29, 1.82) is 0 Å². The summed E-state index contributed by atoms with van der Waals surface area (Å²) in [7, 11) is 1.57. The highest BCUT2D eigenvalue weighted by Gasteiger charge is 2.15. The summed E-state index contributed by atoms with van der Waals surface area (Å²) in [6, 6.07) is 8.18. The molecule has 0 saturated carbocycles. The number of aromatic hydroxyl groups is 1. The van der Waals surface area contributed by atoms with Gasteiger partial charge in [0.25, 0.3) is 0 Å². The van der Waals surface area contributed by atoms with Gasteiger partial charge in [0.2, 0.25) is 0 Å². The molecule has 0 heterocycles. The van der Waals surface area contributed by atoms with Crippen molar-refractivity contribution in [2.75, 3.05) is 7.11 Å². The average Bonchev–Trinajstić information content (AvgIpc) is 2.38. The minimum Gasteiger partial charge on any atom is -0.507 e. The van der Waals surface area contributed by atoms with Crippen molar-refractivity contribution >= 4 is 5.97 Å². The lowest BCUT2D eigenvalue weighted by atomic mass is 9.96. The van der Waals surface area contributed by atoms with Crippen molar-refractivity contribution in [1.82, 2.24) is 0 Å². The third-order valence-electron chi connectivity index (χ3n) is 3.18. The number of ether oxygens (including phenoxy) is 1. The van der Waals surface area contributed by atoms with Crippen molar-refractivity contribution in [2.45, 2.75) is 13.8 Å². The van der Waals surface area contributed by atoms with E-state index in [0.717, 1.165) is 16.7 Å². The number of aromatic carboxylic acids is 1. The summed E-state index contributed by atoms with van der Waals surface area (Å²) in [5, 5.41) is 19.0. The minimum absolute atomic E-state index is 0.0509. The molecular weight excluding hydrogens is 256 g/mol. The molecule has 0 spiro atoms. The fourth-order valence-electron chi connectivity index (χ4n) is 2.31. The van der Waals surface area contributed by atoms with E-state index in [1.54, 1.807) is 13.2 Å². The van der Waals surface area contributed by atoms with Crippen LogP contribution in [0.3, 0.4) is 0 Å². The lowest BCUT2D eigenvalue weighted by Crippen LogP contribution is -1.97. The minimum atomic E-state index is -1.07. The molecule has 4 heteroatoms. The molecule has 0 bridgehead atoms. The third kappa shape index (κ3) is 2.45. The second-order valence-electron chi connectivity index (χ2n) is 4.70. The van der Waals surface area contributed by atoms with Crippen LogP contribution in [0, 0.1) is 13.8 Å². The molecule has 0 radical (unpaired) electrons. The van der Waals surface area contributed by atoms with Gasteiger partial charge in [-0.15, -0.1) is 0 Å². The maximum Gasteiger partial charge on any atom is 0.335 e. The standard InChI is InChI=1S/C16H16O4/c1-9-6-10(2)15(14(7-9)20-3)12-5-4-11(16(18)19)8-13(12)17/h4-8,17H,1-3H3,(H,18,19). The summed E-state index contributed by atoms with van der Waals surface area (Å²) in [5.74, 6) is -0.490. The SMILES string of the molecule is COc1cc(C)cc(C)c1-c1ccc(C(=O)O)cc1O. The normalized spacial score (nSPS) is 10.3. The fourth-order valence-corrected chi connectivity index (χ4v) is 2.31. The number of phenolic OH excluding ortho intramolecular Hbond substituents is 1. The van der Waals surface area contributed by atoms with Crippen LogP contribution in [0.5, 0.6) is 11.5 Å². The van der Waals surface area contributed by atoms with Gasteiger partial charge in [0, 0.05) is 11.1 Å². The first-order valence-corrected chi connectivity index (χ1v) is 6.16. The molecule has 0 saturated heterocycles. The molecule has 2 aromatic carbocycles. The second kappa shape index (κ2) is 5.25. The molecule has 0 atom stereocenters. The Hall–Kier alpha value is -2.49. The van der Waals surface area contributed by atoms with E-state index in [0.29, 0.717) is 11.3 Å². The number of phenols is 1. The molecule has 0 unspecified atom stereocenters. The third-order valence-corrected chi connectivity index (χ3v) is 3.18. The summed E-state index contributed by atoms with van der Waals surface area (Å²) in [4.78, 5) is 10.9. The maximum absolute atomic E-state index is 10.9. The van der Waals surface area contributed by atoms with Gasteiger partial charge in [-0.1, -0.05) is 6.07 Å². The molecule has 0 aliphatic carbocycles. The van der Waals surface area contributed by atoms with Gasteiger partial charge < -0.3 is 14.9 Å². The van der Waals surface area contributed by atoms with Crippen molar-refractivity contribution in [3.05, 3.63) is 47.0 Å². The Morgan fingerprint density at radius 1 is 1.15 bits per heavy atom. The van der Waals surface area contributed by atoms with Crippen LogP contribution in [0.4, 0.5) is 0 Å². The van der Waals surface area contributed by atoms with Gasteiger partial charge >= 0.3 is 5.97 Å². The molecule has 2 aromatic rings. The molecular formula is C16H16O4. The highest BCUT2D eigenvalue weighted by molar-refractivity contribution is 5.90. The lowest BCUT2D eigenvalue weighted by Gasteiger charge is -2.14. The van der Waals surface area contributed by atoms with E-state index in [9.17, 15) is 9.90 Å². The van der Waals surface area contributed by atoms with Gasteiger partial charge in [-0.05, 0) is 49.2 Å². The predicted octanol–water partition coefficient (Wildman–Crippen LogP) is 3.38. The van der Waals surface area contributed by atoms with Crippen LogP contribution < -0.4 is 4.74 Å². The zero-order chi connectivity index (χ0) is 14.9. The molecule has 20 heavy (non-hydrogen) atoms. The van der Waals surface area contributed by atoms with Gasteiger partial charge in [-0.2, -0.15) is 0 Å². The number of benzene rings is 2. The Morgan fingerprint density at radius 2 is 1.85 bits per heavy atom. The molecule has 2 rings (SSSR count). The highest BCUT2D eigenvalue weighted by Crippen LogP contribution is 2.39. The first-order chi connectivity index (χ1) is 9.43. The Labute approximate surface area is 117 Å². The second-order valence-corrected chi connectivity index (χ2v) is 4.70. The summed E-state index contributed by atoms with van der Waals surface area (Å²) >= 11 is 0.